The van der Waals surface area contributed by atoms with Crippen molar-refractivity contribution in [3.63, 3.8) is 0 Å². The largest absolute Gasteiger partial charge is 0.334 e. The number of hydrogen-bond acceptors (Lipinski definition) is 2. The molecule has 1 heterocycles. The lowest BCUT2D eigenvalue weighted by atomic mass is 10.1. The third kappa shape index (κ3) is 4.41. The summed E-state index contributed by atoms with van der Waals surface area (Å²) in [5.74, 6) is -0.605. The summed E-state index contributed by atoms with van der Waals surface area (Å²) in [4.78, 5) is 29.8. The fourth-order valence-corrected chi connectivity index (χ4v) is 4.16. The Morgan fingerprint density at radius 1 is 1.07 bits per heavy atom. The van der Waals surface area contributed by atoms with E-state index in [1.54, 1.807) is 28.0 Å². The smallest absolute Gasteiger partial charge is 0.254 e. The molecule has 2 aliphatic rings. The highest BCUT2D eigenvalue weighted by atomic mass is 35.5. The first kappa shape index (κ1) is 20.2. The second kappa shape index (κ2) is 8.33. The van der Waals surface area contributed by atoms with Gasteiger partial charge in [-0.15, -0.1) is 0 Å². The molecule has 2 fully saturated rings. The fourth-order valence-electron chi connectivity index (χ4n) is 3.86. The van der Waals surface area contributed by atoms with Gasteiger partial charge in [0.1, 0.15) is 11.9 Å². The Labute approximate surface area is 179 Å². The van der Waals surface area contributed by atoms with E-state index in [2.05, 4.69) is 0 Å². The van der Waals surface area contributed by atoms with Crippen LogP contribution in [0.3, 0.4) is 0 Å². The predicted octanol–water partition coefficient (Wildman–Crippen LogP) is 4.93. The second-order valence-electron chi connectivity index (χ2n) is 7.61. The summed E-state index contributed by atoms with van der Waals surface area (Å²) in [5.41, 5.74) is 1.17. The maximum absolute atomic E-state index is 13.6. The molecule has 2 aromatic rings. The van der Waals surface area contributed by atoms with Crippen molar-refractivity contribution in [3.05, 3.63) is 69.5 Å². The van der Waals surface area contributed by atoms with E-state index in [9.17, 15) is 14.0 Å². The van der Waals surface area contributed by atoms with Crippen molar-refractivity contribution < 1.29 is 14.0 Å². The molecular formula is C22H21Cl2FN2O2. The third-order valence-electron chi connectivity index (χ3n) is 5.48. The minimum Gasteiger partial charge on any atom is -0.334 e. The molecule has 2 aromatic carbocycles. The third-order valence-corrected chi connectivity index (χ3v) is 6.22. The van der Waals surface area contributed by atoms with E-state index in [0.717, 1.165) is 24.8 Å². The van der Waals surface area contributed by atoms with Gasteiger partial charge in [0.25, 0.3) is 5.91 Å². The zero-order valence-corrected chi connectivity index (χ0v) is 17.3. The number of likely N-dealkylation sites (tertiary alicyclic amines) is 1. The van der Waals surface area contributed by atoms with Crippen LogP contribution in [0.25, 0.3) is 0 Å². The molecule has 0 spiro atoms. The molecule has 0 aromatic heterocycles. The maximum atomic E-state index is 13.6. The lowest BCUT2D eigenvalue weighted by Gasteiger charge is -2.30. The van der Waals surface area contributed by atoms with Crippen molar-refractivity contribution in [2.75, 3.05) is 6.54 Å². The van der Waals surface area contributed by atoms with Crippen molar-refractivity contribution in [1.82, 2.24) is 9.80 Å². The highest BCUT2D eigenvalue weighted by molar-refractivity contribution is 6.42. The number of carbonyl (C=O) groups is 2. The van der Waals surface area contributed by atoms with E-state index in [-0.39, 0.29) is 23.7 Å². The number of halogens is 3. The van der Waals surface area contributed by atoms with Gasteiger partial charge in [-0.05, 0) is 61.6 Å². The Hall–Kier alpha value is -2.11. The quantitative estimate of drug-likeness (QED) is 0.669. The minimum atomic E-state index is -0.508. The first-order chi connectivity index (χ1) is 13.9. The van der Waals surface area contributed by atoms with E-state index < -0.39 is 6.04 Å². The van der Waals surface area contributed by atoms with Crippen LogP contribution in [0.2, 0.25) is 10.0 Å². The van der Waals surface area contributed by atoms with Crippen molar-refractivity contribution in [3.8, 4) is 0 Å². The molecule has 1 aliphatic heterocycles. The Kier molecular flexibility index (Phi) is 5.79. The zero-order valence-electron chi connectivity index (χ0n) is 15.8. The van der Waals surface area contributed by atoms with Gasteiger partial charge < -0.3 is 9.80 Å². The van der Waals surface area contributed by atoms with Crippen LogP contribution in [-0.4, -0.2) is 40.2 Å². The number of hydrogen-bond donors (Lipinski definition) is 0. The summed E-state index contributed by atoms with van der Waals surface area (Å²) in [7, 11) is 0. The molecule has 0 radical (unpaired) electrons. The number of nitrogens with zero attached hydrogens (tertiary/aromatic N) is 2. The highest BCUT2D eigenvalue weighted by Gasteiger charge is 2.41. The second-order valence-corrected chi connectivity index (χ2v) is 8.43. The average Bonchev–Trinajstić information content (AvgIpc) is 3.43. The Bertz CT molecular complexity index is 948. The summed E-state index contributed by atoms with van der Waals surface area (Å²) in [6.45, 7) is 0.876. The first-order valence-electron chi connectivity index (χ1n) is 9.75. The molecule has 1 aliphatic carbocycles. The van der Waals surface area contributed by atoms with Gasteiger partial charge in [-0.2, -0.15) is 0 Å². The zero-order chi connectivity index (χ0) is 20.5. The standard InChI is InChI=1S/C22H21Cl2FN2O2/c23-18-9-6-15(12-19(18)24)21(28)26-10-2-5-20(26)22(29)27(17-7-8-17)13-14-3-1-4-16(25)11-14/h1,3-4,6,9,11-12,17,20H,2,5,7-8,10,13H2. The van der Waals surface area contributed by atoms with Gasteiger partial charge in [0.05, 0.1) is 10.0 Å². The number of carbonyl (C=O) groups excluding carboxylic acids is 2. The van der Waals surface area contributed by atoms with Crippen molar-refractivity contribution in [1.29, 1.82) is 0 Å². The van der Waals surface area contributed by atoms with Crippen molar-refractivity contribution in [2.24, 2.45) is 0 Å². The van der Waals surface area contributed by atoms with Crippen LogP contribution in [0.4, 0.5) is 4.39 Å². The van der Waals surface area contributed by atoms with Gasteiger partial charge in [0.2, 0.25) is 5.91 Å². The molecule has 1 saturated heterocycles. The molecule has 7 heteroatoms. The topological polar surface area (TPSA) is 40.6 Å². The minimum absolute atomic E-state index is 0.0670. The van der Waals surface area contributed by atoms with E-state index in [4.69, 9.17) is 23.2 Å². The van der Waals surface area contributed by atoms with Crippen LogP contribution in [0, 0.1) is 5.82 Å². The predicted molar refractivity (Wildman–Crippen MR) is 110 cm³/mol. The van der Waals surface area contributed by atoms with Gasteiger partial charge in [0.15, 0.2) is 0 Å². The van der Waals surface area contributed by atoms with Crippen molar-refractivity contribution in [2.45, 2.75) is 44.3 Å². The Morgan fingerprint density at radius 3 is 2.55 bits per heavy atom. The van der Waals surface area contributed by atoms with Gasteiger partial charge in [-0.3, -0.25) is 9.59 Å². The molecule has 1 saturated carbocycles. The summed E-state index contributed by atoms with van der Waals surface area (Å²) < 4.78 is 13.6. The summed E-state index contributed by atoms with van der Waals surface area (Å²) in [6, 6.07) is 10.7. The molecule has 0 bridgehead atoms. The SMILES string of the molecule is O=C(C1CCCN1C(=O)c1ccc(Cl)c(Cl)c1)N(Cc1cccc(F)c1)C1CC1. The van der Waals surface area contributed by atoms with E-state index in [1.807, 2.05) is 6.07 Å². The molecule has 1 unspecified atom stereocenters. The average molecular weight is 435 g/mol. The number of rotatable bonds is 5. The monoisotopic (exact) mass is 434 g/mol. The number of benzene rings is 2. The number of amides is 2. The van der Waals surface area contributed by atoms with Gasteiger partial charge >= 0.3 is 0 Å². The summed E-state index contributed by atoms with van der Waals surface area (Å²) in [6.07, 6.45) is 3.27. The maximum Gasteiger partial charge on any atom is 0.254 e. The van der Waals surface area contributed by atoms with Crippen LogP contribution >= 0.6 is 23.2 Å². The molecule has 4 nitrogen and oxygen atoms in total. The molecule has 1 atom stereocenters. The van der Waals surface area contributed by atoms with E-state index in [0.29, 0.717) is 35.1 Å². The molecule has 4 rings (SSSR count). The van der Waals surface area contributed by atoms with Crippen molar-refractivity contribution >= 4 is 35.0 Å². The lowest BCUT2D eigenvalue weighted by Crippen LogP contribution is -2.48. The van der Waals surface area contributed by atoms with Gasteiger partial charge in [0, 0.05) is 24.7 Å². The molecule has 2 amide bonds. The van der Waals surface area contributed by atoms with Crippen LogP contribution in [0.15, 0.2) is 42.5 Å². The summed E-state index contributed by atoms with van der Waals surface area (Å²) >= 11 is 12.0. The van der Waals surface area contributed by atoms with Gasteiger partial charge in [-0.1, -0.05) is 35.3 Å². The normalized spacial score (nSPS) is 18.7. The van der Waals surface area contributed by atoms with E-state index in [1.165, 1.54) is 18.2 Å². The molecular weight excluding hydrogens is 414 g/mol. The fraction of sp³-hybridized carbons (Fsp3) is 0.364. The molecule has 0 N–H and O–H groups in total. The lowest BCUT2D eigenvalue weighted by molar-refractivity contribution is -0.136. The molecule has 29 heavy (non-hydrogen) atoms. The van der Waals surface area contributed by atoms with Crippen LogP contribution in [0.5, 0.6) is 0 Å². The Morgan fingerprint density at radius 2 is 1.86 bits per heavy atom. The van der Waals surface area contributed by atoms with Crippen LogP contribution < -0.4 is 0 Å². The van der Waals surface area contributed by atoms with Crippen LogP contribution in [0.1, 0.15) is 41.6 Å². The molecule has 152 valence electrons. The van der Waals surface area contributed by atoms with E-state index >= 15 is 0 Å². The Balaban J connectivity index is 1.54. The first-order valence-corrected chi connectivity index (χ1v) is 10.5. The summed E-state index contributed by atoms with van der Waals surface area (Å²) in [5, 5.41) is 0.692. The van der Waals surface area contributed by atoms with Crippen LogP contribution in [-0.2, 0) is 11.3 Å². The highest BCUT2D eigenvalue weighted by Crippen LogP contribution is 2.32. The van der Waals surface area contributed by atoms with Gasteiger partial charge in [-0.25, -0.2) is 4.39 Å².